The Morgan fingerprint density at radius 3 is 2.52 bits per heavy atom. The van der Waals surface area contributed by atoms with Crippen LogP contribution in [-0.2, 0) is 0 Å². The summed E-state index contributed by atoms with van der Waals surface area (Å²) in [5.74, 6) is 0.360. The summed E-state index contributed by atoms with van der Waals surface area (Å²) >= 11 is 0. The molecule has 0 amide bonds. The van der Waals surface area contributed by atoms with Crippen molar-refractivity contribution in [1.29, 1.82) is 0 Å². The Bertz CT molecular complexity index is 817. The third-order valence-corrected chi connectivity index (χ3v) is 3.84. The molecule has 3 heteroatoms. The molecule has 0 aliphatic heterocycles. The van der Waals surface area contributed by atoms with E-state index >= 15 is 0 Å². The van der Waals surface area contributed by atoms with Crippen LogP contribution in [0.5, 0.6) is 5.75 Å². The van der Waals surface area contributed by atoms with Gasteiger partial charge in [0.15, 0.2) is 0 Å². The third kappa shape index (κ3) is 2.19. The van der Waals surface area contributed by atoms with Crippen LogP contribution in [0.1, 0.15) is 31.0 Å². The van der Waals surface area contributed by atoms with Gasteiger partial charge in [0, 0.05) is 16.8 Å². The summed E-state index contributed by atoms with van der Waals surface area (Å²) in [6.45, 7) is 5.98. The topological polar surface area (TPSA) is 25.2 Å². The number of fused-ring (bicyclic) bond motifs is 1. The van der Waals surface area contributed by atoms with Gasteiger partial charge in [-0.2, -0.15) is 0 Å². The van der Waals surface area contributed by atoms with E-state index in [1.165, 1.54) is 6.07 Å². The second-order valence-electron chi connectivity index (χ2n) is 5.70. The van der Waals surface area contributed by atoms with Crippen molar-refractivity contribution < 1.29 is 9.50 Å². The third-order valence-electron chi connectivity index (χ3n) is 3.84. The highest BCUT2D eigenvalue weighted by molar-refractivity contribution is 5.88. The van der Waals surface area contributed by atoms with Gasteiger partial charge in [0.1, 0.15) is 11.6 Å². The molecule has 21 heavy (non-hydrogen) atoms. The summed E-state index contributed by atoms with van der Waals surface area (Å²) in [4.78, 5) is 0. The average molecular weight is 283 g/mol. The summed E-state index contributed by atoms with van der Waals surface area (Å²) in [5, 5.41) is 10.9. The maximum absolute atomic E-state index is 13.5. The van der Waals surface area contributed by atoms with E-state index < -0.39 is 0 Å². The van der Waals surface area contributed by atoms with Crippen LogP contribution in [0.15, 0.2) is 42.5 Å². The molecule has 0 saturated carbocycles. The lowest BCUT2D eigenvalue weighted by molar-refractivity contribution is 0.481. The molecule has 0 saturated heterocycles. The van der Waals surface area contributed by atoms with Gasteiger partial charge < -0.3 is 9.67 Å². The first-order valence-corrected chi connectivity index (χ1v) is 7.09. The molecule has 0 aliphatic carbocycles. The normalized spacial score (nSPS) is 11.5. The number of aromatic nitrogens is 1. The molecular weight excluding hydrogens is 265 g/mol. The van der Waals surface area contributed by atoms with E-state index in [0.29, 0.717) is 11.5 Å². The first kappa shape index (κ1) is 13.7. The molecule has 3 aromatic rings. The van der Waals surface area contributed by atoms with Crippen LogP contribution in [0.3, 0.4) is 0 Å². The van der Waals surface area contributed by atoms with Crippen molar-refractivity contribution in [2.24, 2.45) is 0 Å². The zero-order valence-corrected chi connectivity index (χ0v) is 12.4. The van der Waals surface area contributed by atoms with E-state index in [2.05, 4.69) is 18.4 Å². The van der Waals surface area contributed by atoms with Crippen molar-refractivity contribution in [3.05, 3.63) is 59.5 Å². The minimum atomic E-state index is -0.204. The van der Waals surface area contributed by atoms with Gasteiger partial charge in [0.05, 0.1) is 5.52 Å². The molecule has 0 radical (unpaired) electrons. The zero-order chi connectivity index (χ0) is 15.1. The van der Waals surface area contributed by atoms with Gasteiger partial charge in [-0.15, -0.1) is 0 Å². The van der Waals surface area contributed by atoms with E-state index in [4.69, 9.17) is 0 Å². The van der Waals surface area contributed by atoms with Crippen LogP contribution < -0.4 is 0 Å². The number of rotatable bonds is 2. The zero-order valence-electron chi connectivity index (χ0n) is 12.4. The van der Waals surface area contributed by atoms with Crippen LogP contribution in [0.4, 0.5) is 4.39 Å². The fourth-order valence-electron chi connectivity index (χ4n) is 2.72. The molecule has 1 N–H and O–H groups in total. The second-order valence-corrected chi connectivity index (χ2v) is 5.70. The smallest absolute Gasteiger partial charge is 0.126 e. The quantitative estimate of drug-likeness (QED) is 0.710. The molecular formula is C18H18FNO. The lowest BCUT2D eigenvalue weighted by Crippen LogP contribution is -2.02. The summed E-state index contributed by atoms with van der Waals surface area (Å²) < 4.78 is 15.6. The van der Waals surface area contributed by atoms with Gasteiger partial charge in [-0.25, -0.2) is 4.39 Å². The van der Waals surface area contributed by atoms with Crippen molar-refractivity contribution in [1.82, 2.24) is 4.57 Å². The largest absolute Gasteiger partial charge is 0.507 e. The summed E-state index contributed by atoms with van der Waals surface area (Å²) in [6, 6.07) is 12.6. The number of phenolic OH excluding ortho intramolecular Hbond substituents is 1. The predicted octanol–water partition coefficient (Wildman–Crippen LogP) is 4.91. The molecule has 3 rings (SSSR count). The highest BCUT2D eigenvalue weighted by Gasteiger charge is 2.15. The van der Waals surface area contributed by atoms with Crippen molar-refractivity contribution >= 4 is 10.9 Å². The van der Waals surface area contributed by atoms with Gasteiger partial charge in [0.25, 0.3) is 0 Å². The highest BCUT2D eigenvalue weighted by atomic mass is 19.1. The Labute approximate surface area is 123 Å². The van der Waals surface area contributed by atoms with E-state index in [0.717, 1.165) is 22.3 Å². The molecule has 108 valence electrons. The Hall–Kier alpha value is -2.29. The minimum Gasteiger partial charge on any atom is -0.507 e. The van der Waals surface area contributed by atoms with Crippen LogP contribution in [-0.4, -0.2) is 9.67 Å². The lowest BCUT2D eigenvalue weighted by Gasteiger charge is -2.14. The SMILES string of the molecule is Cc1cc(-n2c(C(C)C)cc3c(O)cccc32)ccc1F. The van der Waals surface area contributed by atoms with Crippen LogP contribution in [0.2, 0.25) is 0 Å². The first-order valence-electron chi connectivity index (χ1n) is 7.09. The van der Waals surface area contributed by atoms with E-state index in [-0.39, 0.29) is 11.6 Å². The van der Waals surface area contributed by atoms with Crippen LogP contribution >= 0.6 is 0 Å². The number of benzene rings is 2. The Morgan fingerprint density at radius 1 is 1.10 bits per heavy atom. The van der Waals surface area contributed by atoms with Crippen LogP contribution in [0.25, 0.3) is 16.6 Å². The first-order chi connectivity index (χ1) is 9.99. The Balaban J connectivity index is 2.36. The Morgan fingerprint density at radius 2 is 1.86 bits per heavy atom. The fraction of sp³-hybridized carbons (Fsp3) is 0.222. The molecule has 0 bridgehead atoms. The molecule has 1 aromatic heterocycles. The number of nitrogens with zero attached hydrogens (tertiary/aromatic N) is 1. The number of hydrogen-bond acceptors (Lipinski definition) is 1. The summed E-state index contributed by atoms with van der Waals surface area (Å²) in [6.07, 6.45) is 0. The number of aromatic hydroxyl groups is 1. The molecule has 0 atom stereocenters. The molecule has 2 nitrogen and oxygen atoms in total. The van der Waals surface area contributed by atoms with E-state index in [9.17, 15) is 9.50 Å². The lowest BCUT2D eigenvalue weighted by atomic mass is 10.1. The van der Waals surface area contributed by atoms with Gasteiger partial charge >= 0.3 is 0 Å². The van der Waals surface area contributed by atoms with E-state index in [1.807, 2.05) is 24.3 Å². The molecule has 2 aromatic carbocycles. The molecule has 0 unspecified atom stereocenters. The molecule has 1 heterocycles. The van der Waals surface area contributed by atoms with Gasteiger partial charge in [-0.3, -0.25) is 0 Å². The number of hydrogen-bond donors (Lipinski definition) is 1. The predicted molar refractivity (Wildman–Crippen MR) is 83.7 cm³/mol. The van der Waals surface area contributed by atoms with Gasteiger partial charge in [-0.1, -0.05) is 19.9 Å². The van der Waals surface area contributed by atoms with Gasteiger partial charge in [-0.05, 0) is 54.8 Å². The number of halogens is 1. The van der Waals surface area contributed by atoms with Crippen LogP contribution in [0, 0.1) is 12.7 Å². The minimum absolute atomic E-state index is 0.204. The molecule has 0 spiro atoms. The van der Waals surface area contributed by atoms with Gasteiger partial charge in [0.2, 0.25) is 0 Å². The average Bonchev–Trinajstić information content (AvgIpc) is 2.83. The fourth-order valence-corrected chi connectivity index (χ4v) is 2.72. The number of phenols is 1. The van der Waals surface area contributed by atoms with Crippen molar-refractivity contribution in [2.75, 3.05) is 0 Å². The number of aryl methyl sites for hydroxylation is 1. The molecule has 0 aliphatic rings. The Kier molecular flexibility index (Phi) is 3.20. The summed E-state index contributed by atoms with van der Waals surface area (Å²) in [7, 11) is 0. The molecule has 0 fully saturated rings. The van der Waals surface area contributed by atoms with Crippen molar-refractivity contribution in [3.8, 4) is 11.4 Å². The van der Waals surface area contributed by atoms with Crippen molar-refractivity contribution in [3.63, 3.8) is 0 Å². The standard InChI is InChI=1S/C18H18FNO/c1-11(2)17-10-14-16(5-4-6-18(14)21)20(17)13-7-8-15(19)12(3)9-13/h4-11,21H,1-3H3. The maximum Gasteiger partial charge on any atom is 0.126 e. The monoisotopic (exact) mass is 283 g/mol. The van der Waals surface area contributed by atoms with Crippen molar-refractivity contribution in [2.45, 2.75) is 26.7 Å². The summed E-state index contributed by atoms with van der Waals surface area (Å²) in [5.41, 5.74) is 3.56. The van der Waals surface area contributed by atoms with E-state index in [1.54, 1.807) is 19.1 Å². The second kappa shape index (κ2) is 4.92. The highest BCUT2D eigenvalue weighted by Crippen LogP contribution is 2.33. The maximum atomic E-state index is 13.5.